The zero-order valence-corrected chi connectivity index (χ0v) is 76.7. The molecule has 3 fully saturated rings. The molecule has 0 bridgehead atoms. The molecule has 0 radical (unpaired) electrons. The summed E-state index contributed by atoms with van der Waals surface area (Å²) in [5, 5.41) is 34.8. The second-order valence-corrected chi connectivity index (χ2v) is 39.5. The van der Waals surface area contributed by atoms with E-state index in [1.165, 1.54) is 103 Å². The second kappa shape index (κ2) is 45.0. The fraction of sp³-hybridized carbons (Fsp3) is 0.372. The summed E-state index contributed by atoms with van der Waals surface area (Å²) in [6.07, 6.45) is 1.14. The maximum atomic E-state index is 15.2. The summed E-state index contributed by atoms with van der Waals surface area (Å²) in [7, 11) is -16.8. The molecule has 3 saturated heterocycles. The third kappa shape index (κ3) is 20.5. The minimum atomic E-state index is -4.25. The predicted octanol–water partition coefficient (Wildman–Crippen LogP) is 14.1. The summed E-state index contributed by atoms with van der Waals surface area (Å²) in [4.78, 5) is 10.9. The van der Waals surface area contributed by atoms with Gasteiger partial charge in [0.1, 0.15) is 49.0 Å². The van der Waals surface area contributed by atoms with E-state index in [1.54, 1.807) is 19.9 Å². The van der Waals surface area contributed by atoms with Crippen molar-refractivity contribution < 1.29 is 154 Å². The number of ether oxygens (including phenoxy) is 8. The van der Waals surface area contributed by atoms with Gasteiger partial charge in [0.2, 0.25) is 0 Å². The number of fused-ring (bicyclic) bond motifs is 10. The van der Waals surface area contributed by atoms with E-state index in [2.05, 4.69) is 25.1 Å². The summed E-state index contributed by atoms with van der Waals surface area (Å²) in [6.45, 7) is 13.2. The number of carbonyl (C=O) groups is 1. The topological polar surface area (TPSA) is 318 Å². The number of benzene rings is 8. The minimum Gasteiger partial charge on any atom is -1.00 e. The molecule has 4 N–H and O–H groups in total. The fourth-order valence-corrected chi connectivity index (χ4v) is 26.8. The third-order valence-electron chi connectivity index (χ3n) is 22.7. The van der Waals surface area contributed by atoms with Crippen LogP contribution in [0.15, 0.2) is 190 Å². The Hall–Kier alpha value is -6.60. The normalized spacial score (nSPS) is 23.4. The largest absolute Gasteiger partial charge is 2.00 e. The minimum absolute atomic E-state index is 0. The molecule has 15 rings (SSSR count). The van der Waals surface area contributed by atoms with Crippen LogP contribution in [-0.2, 0) is 82.4 Å². The third-order valence-corrected chi connectivity index (χ3v) is 33.6. The van der Waals surface area contributed by atoms with Crippen molar-refractivity contribution in [3.8, 4) is 23.0 Å². The van der Waals surface area contributed by atoms with Gasteiger partial charge >= 0.3 is 23.1 Å². The molecule has 0 amide bonds. The van der Waals surface area contributed by atoms with Gasteiger partial charge in [-0.05, 0) is 191 Å². The van der Waals surface area contributed by atoms with E-state index in [-0.39, 0.29) is 191 Å². The first kappa shape index (κ1) is 105. The van der Waals surface area contributed by atoms with Gasteiger partial charge in [-0.25, -0.2) is 79.3 Å². The Morgan fingerprint density at radius 1 is 0.484 bits per heavy atom. The van der Waals surface area contributed by atoms with Crippen molar-refractivity contribution in [2.45, 2.75) is 135 Å². The SMILES string of the molecule is C=CC[C@@H]1OCC[C@@]2(S(=O)(=O)c3ccc(Cl)cc3)c3c(F)ccc(F)c3OC[C@@H]12.C=CC[C@H](OCCO)[C@@H]1COc2c(F)ccc(F)c2[C@H]1S(=O)(=O)c1ccc(Cl)cc1.CCC(O)C[C@@H]1OCC[C@@]2(S(=O)(=O)c3ccc(Cl)cc3)c3c(F)ccc(F)c3OC[C@@H]12.O=CC[C@@H]1OCC[C@@]2(S(=O)(=O)c3ccc(Cl)cc3)c3c(F)ccc(F)c3OC[C@@H]12.OOO.[Br-].[CH2-]C.[Mg+2]. The molecule has 7 heterocycles. The predicted molar refractivity (Wildman–Crippen MR) is 448 cm³/mol. The van der Waals surface area contributed by atoms with Crippen molar-refractivity contribution in [1.82, 2.24) is 0 Å². The quantitative estimate of drug-likeness (QED) is 0.00987. The smallest absolute Gasteiger partial charge is 1.00 e. The number of aldehydes is 1. The van der Waals surface area contributed by atoms with Crippen molar-refractivity contribution in [3.63, 3.8) is 0 Å². The number of rotatable bonds is 21. The van der Waals surface area contributed by atoms with Gasteiger partial charge < -0.3 is 76.8 Å². The van der Waals surface area contributed by atoms with Crippen LogP contribution in [0.1, 0.15) is 92.7 Å². The first-order valence-electron chi connectivity index (χ1n) is 38.6. The first-order chi connectivity index (χ1) is 59.1. The summed E-state index contributed by atoms with van der Waals surface area (Å²) < 4.78 is 269. The van der Waals surface area contributed by atoms with Crippen LogP contribution in [0.5, 0.6) is 23.0 Å². The molecule has 0 saturated carbocycles. The molecule has 126 heavy (non-hydrogen) atoms. The molecule has 0 aliphatic carbocycles. The summed E-state index contributed by atoms with van der Waals surface area (Å²) >= 11 is 23.6. The van der Waals surface area contributed by atoms with Gasteiger partial charge in [-0.1, -0.05) is 70.5 Å². The Balaban J connectivity index is 0.000000203. The number of sulfone groups is 4. The molecule has 7 aliphatic heterocycles. The maximum Gasteiger partial charge on any atom is 2.00 e. The van der Waals surface area contributed by atoms with Crippen LogP contribution < -0.4 is 35.9 Å². The Labute approximate surface area is 770 Å². The Bertz CT molecular complexity index is 5430. The number of hydrogen-bond acceptors (Lipinski definition) is 22. The van der Waals surface area contributed by atoms with Crippen molar-refractivity contribution in [1.29, 1.82) is 0 Å². The molecule has 1 unspecified atom stereocenters. The van der Waals surface area contributed by atoms with E-state index in [1.807, 2.05) is 0 Å². The van der Waals surface area contributed by atoms with Crippen molar-refractivity contribution in [3.05, 3.63) is 267 Å². The molecule has 40 heteroatoms. The molecule has 680 valence electrons. The van der Waals surface area contributed by atoms with Crippen LogP contribution in [-0.4, -0.2) is 174 Å². The van der Waals surface area contributed by atoms with Gasteiger partial charge in [-0.15, -0.1) is 13.2 Å². The van der Waals surface area contributed by atoms with Gasteiger partial charge in [0.25, 0.3) is 0 Å². The van der Waals surface area contributed by atoms with Gasteiger partial charge in [-0.2, -0.15) is 6.92 Å². The van der Waals surface area contributed by atoms with Crippen LogP contribution in [0, 0.1) is 77.1 Å². The fourth-order valence-electron chi connectivity index (χ4n) is 17.2. The number of aliphatic hydroxyl groups is 2. The monoisotopic (exact) mass is 1990 g/mol. The van der Waals surface area contributed by atoms with Crippen LogP contribution >= 0.6 is 46.4 Å². The van der Waals surface area contributed by atoms with Crippen LogP contribution in [0.2, 0.25) is 20.1 Å². The van der Waals surface area contributed by atoms with Crippen LogP contribution in [0.4, 0.5) is 35.1 Å². The van der Waals surface area contributed by atoms with Crippen molar-refractivity contribution in [2.75, 3.05) is 59.5 Å². The first-order valence-corrected chi connectivity index (χ1v) is 46.1. The maximum absolute atomic E-state index is 15.2. The van der Waals surface area contributed by atoms with Gasteiger partial charge in [0, 0.05) is 70.0 Å². The molecule has 7 aliphatic rings. The zero-order valence-electron chi connectivity index (χ0n) is 67.4. The summed E-state index contributed by atoms with van der Waals surface area (Å²) in [5.74, 6) is -11.7. The average Bonchev–Trinajstić information content (AvgIpc) is 0.703. The summed E-state index contributed by atoms with van der Waals surface area (Å²) in [5.41, 5.74) is -1.29. The number of carbonyl (C=O) groups excluding carboxylic acids is 1. The molecule has 0 spiro atoms. The number of aliphatic hydroxyl groups excluding tert-OH is 2. The molecule has 22 nitrogen and oxygen atoms in total. The van der Waals surface area contributed by atoms with Gasteiger partial charge in [0.05, 0.1) is 112 Å². The molecule has 0 aromatic heterocycles. The molecule has 13 atom stereocenters. The van der Waals surface area contributed by atoms with Crippen molar-refractivity contribution in [2.24, 2.45) is 23.7 Å². The van der Waals surface area contributed by atoms with Crippen LogP contribution in [0.3, 0.4) is 0 Å². The Kier molecular flexibility index (Phi) is 37.4. The Morgan fingerprint density at radius 2 is 0.802 bits per heavy atom. The Morgan fingerprint density at radius 3 is 1.14 bits per heavy atom. The molecular formula is C86H87BrCl4F8MgO22S4. The molecular weight excluding hydrogens is 1910 g/mol. The number of hydrogen-bond donors (Lipinski definition) is 4. The van der Waals surface area contributed by atoms with E-state index in [0.29, 0.717) is 39.2 Å². The van der Waals surface area contributed by atoms with Gasteiger partial charge in [0.15, 0.2) is 85.6 Å². The molecule has 8 aromatic rings. The average molecular weight is 2000 g/mol. The summed E-state index contributed by atoms with van der Waals surface area (Å²) in [6, 6.07) is 29.6. The number of halogens is 13. The van der Waals surface area contributed by atoms with E-state index in [0.717, 1.165) is 48.5 Å². The zero-order chi connectivity index (χ0) is 90.6. The molecule has 8 aromatic carbocycles. The van der Waals surface area contributed by atoms with Crippen molar-refractivity contribution >= 4 is 115 Å². The van der Waals surface area contributed by atoms with Gasteiger partial charge in [-0.3, -0.25) is 0 Å². The second-order valence-electron chi connectivity index (χ2n) is 29.1. The van der Waals surface area contributed by atoms with E-state index >= 15 is 13.2 Å². The van der Waals surface area contributed by atoms with Crippen LogP contribution in [0.25, 0.3) is 0 Å². The van der Waals surface area contributed by atoms with E-state index < -0.39 is 171 Å². The van der Waals surface area contributed by atoms with E-state index in [4.69, 9.17) is 99.9 Å². The van der Waals surface area contributed by atoms with E-state index in [9.17, 15) is 65.5 Å². The standard InChI is InChI=1S/C22H23ClF2O5S.C21H21ClF2O5S.C21H19ClF2O4S.C20H17ClF2O5S.C2H5.BrH.Mg.H2O3/c1-2-14(26)11-19-16-12-30-21-18(25)8-7-17(24)20(21)22(16,9-10-29-19)31(27,28)15-5-3-13(23)4-6-15;1-2-3-18(28-11-10-25)15-12-29-20-17(24)9-8-16(23)19(20)21(15)30(26,27)14-6-4-13(22)5-7-14;1-2-3-18-15-12-28-20-17(24)9-8-16(23)19(20)21(15,10-11-27-18)29(25,26)14-6-4-13(22)5-7-14;21-12-1-3-13(4-2-12)29(25,26)20-8-10-27-17(7-9-24)14(20)11-28-19-16(23)6-5-15(22)18(19)20;1-2;;;1-3-2/h3-8,14,16,19,26H,2,9-12H2,1H3;2,4-9,15,18,21,25H,1,3,10-12H2;2,4-9,15,18H,1,3,10-12H2;1-6,9,14,17H,7-8,10-11H2;1H2,2H3;1H;;1-2H/q;;;;-1;;+2;/p-1/t14?,16-,19-,22-;2*15-,18-,21-;14-,17-,20-;;;;/m0000..../s1.